The molecule has 3 nitrogen and oxygen atoms in total. The minimum absolute atomic E-state index is 0.0949. The van der Waals surface area contributed by atoms with Crippen molar-refractivity contribution in [2.75, 3.05) is 7.11 Å². The second-order valence-corrected chi connectivity index (χ2v) is 2.54. The summed E-state index contributed by atoms with van der Waals surface area (Å²) in [5.74, 6) is -1.59. The summed E-state index contributed by atoms with van der Waals surface area (Å²) in [6, 6.07) is 4.52. The minimum atomic E-state index is -1.12. The Morgan fingerprint density at radius 3 is 2.86 bits per heavy atom. The molecule has 0 saturated carbocycles. The molecule has 0 spiro atoms. The van der Waals surface area contributed by atoms with E-state index >= 15 is 0 Å². The lowest BCUT2D eigenvalue weighted by Gasteiger charge is -2.02. The molecule has 74 valence electrons. The van der Waals surface area contributed by atoms with E-state index in [1.807, 2.05) is 0 Å². The van der Waals surface area contributed by atoms with Crippen molar-refractivity contribution < 1.29 is 19.0 Å². The molecule has 1 N–H and O–H groups in total. The Morgan fingerprint density at radius 2 is 2.29 bits per heavy atom. The van der Waals surface area contributed by atoms with Gasteiger partial charge in [0.2, 0.25) is 0 Å². The molecule has 0 fully saturated rings. The van der Waals surface area contributed by atoms with Gasteiger partial charge in [-0.05, 0) is 12.1 Å². The van der Waals surface area contributed by atoms with E-state index in [9.17, 15) is 9.18 Å². The van der Waals surface area contributed by atoms with Gasteiger partial charge in [0.15, 0.2) is 11.6 Å². The first-order valence-electron chi connectivity index (χ1n) is 3.88. The van der Waals surface area contributed by atoms with Crippen LogP contribution >= 0.6 is 0 Å². The maximum absolute atomic E-state index is 13.4. The molecule has 0 aliphatic carbocycles. The third-order valence-electron chi connectivity index (χ3n) is 1.62. The van der Waals surface area contributed by atoms with Crippen LogP contribution in [-0.2, 0) is 4.79 Å². The molecule has 14 heavy (non-hydrogen) atoms. The third kappa shape index (κ3) is 2.32. The molecule has 0 amide bonds. The standard InChI is InChI=1S/C10H9FO3/c1-14-8-4-2-3-7(10(8)11)5-6-9(12)13/h2-6H,1H3,(H,12,13). The molecule has 0 atom stereocenters. The van der Waals surface area contributed by atoms with Crippen molar-refractivity contribution in [2.45, 2.75) is 0 Å². The van der Waals surface area contributed by atoms with Crippen LogP contribution in [0.3, 0.4) is 0 Å². The van der Waals surface area contributed by atoms with Crippen molar-refractivity contribution in [3.8, 4) is 5.75 Å². The number of hydrogen-bond acceptors (Lipinski definition) is 2. The van der Waals surface area contributed by atoms with Gasteiger partial charge in [0.25, 0.3) is 0 Å². The average molecular weight is 196 g/mol. The van der Waals surface area contributed by atoms with Gasteiger partial charge < -0.3 is 9.84 Å². The second kappa shape index (κ2) is 4.41. The van der Waals surface area contributed by atoms with E-state index in [1.165, 1.54) is 25.3 Å². The highest BCUT2D eigenvalue weighted by Crippen LogP contribution is 2.20. The Labute approximate surface area is 80.4 Å². The molecule has 0 aliphatic heterocycles. The molecule has 1 aromatic carbocycles. The molecule has 0 bridgehead atoms. The average Bonchev–Trinajstić information content (AvgIpc) is 2.16. The number of carbonyl (C=O) groups is 1. The number of benzene rings is 1. The fraction of sp³-hybridized carbons (Fsp3) is 0.100. The van der Waals surface area contributed by atoms with Gasteiger partial charge in [-0.25, -0.2) is 9.18 Å². The predicted molar refractivity (Wildman–Crippen MR) is 49.6 cm³/mol. The molecular formula is C10H9FO3. The second-order valence-electron chi connectivity index (χ2n) is 2.54. The first kappa shape index (κ1) is 10.2. The van der Waals surface area contributed by atoms with E-state index in [1.54, 1.807) is 6.07 Å². The van der Waals surface area contributed by atoms with E-state index in [4.69, 9.17) is 9.84 Å². The summed E-state index contributed by atoms with van der Waals surface area (Å²) in [5.41, 5.74) is 0.187. The van der Waals surface area contributed by atoms with Crippen LogP contribution in [0.5, 0.6) is 5.75 Å². The van der Waals surface area contributed by atoms with Gasteiger partial charge in [-0.3, -0.25) is 0 Å². The van der Waals surface area contributed by atoms with E-state index in [0.29, 0.717) is 0 Å². The zero-order valence-corrected chi connectivity index (χ0v) is 7.53. The Kier molecular flexibility index (Phi) is 3.23. The molecule has 0 heterocycles. The number of carboxylic acids is 1. The van der Waals surface area contributed by atoms with E-state index in [2.05, 4.69) is 0 Å². The van der Waals surface area contributed by atoms with Crippen LogP contribution < -0.4 is 4.74 Å². The normalized spacial score (nSPS) is 10.4. The maximum Gasteiger partial charge on any atom is 0.328 e. The lowest BCUT2D eigenvalue weighted by atomic mass is 10.2. The summed E-state index contributed by atoms with van der Waals surface area (Å²) in [4.78, 5) is 10.2. The lowest BCUT2D eigenvalue weighted by Crippen LogP contribution is -1.91. The van der Waals surface area contributed by atoms with Crippen molar-refractivity contribution >= 4 is 12.0 Å². The van der Waals surface area contributed by atoms with Gasteiger partial charge in [0.05, 0.1) is 7.11 Å². The van der Waals surface area contributed by atoms with Crippen molar-refractivity contribution in [2.24, 2.45) is 0 Å². The van der Waals surface area contributed by atoms with Crippen molar-refractivity contribution in [1.29, 1.82) is 0 Å². The van der Waals surface area contributed by atoms with E-state index in [-0.39, 0.29) is 11.3 Å². The molecule has 1 rings (SSSR count). The van der Waals surface area contributed by atoms with E-state index < -0.39 is 11.8 Å². The lowest BCUT2D eigenvalue weighted by molar-refractivity contribution is -0.131. The predicted octanol–water partition coefficient (Wildman–Crippen LogP) is 1.93. The summed E-state index contributed by atoms with van der Waals surface area (Å²) in [5, 5.41) is 8.35. The van der Waals surface area contributed by atoms with Crippen LogP contribution in [-0.4, -0.2) is 18.2 Å². The number of ether oxygens (including phenoxy) is 1. The molecule has 0 unspecified atom stereocenters. The number of aliphatic carboxylic acids is 1. The zero-order valence-electron chi connectivity index (χ0n) is 7.53. The highest BCUT2D eigenvalue weighted by Gasteiger charge is 2.05. The fourth-order valence-corrected chi connectivity index (χ4v) is 0.975. The maximum atomic E-state index is 13.4. The summed E-state index contributed by atoms with van der Waals surface area (Å²) in [7, 11) is 1.35. The topological polar surface area (TPSA) is 46.5 Å². The summed E-state index contributed by atoms with van der Waals surface area (Å²) < 4.78 is 18.1. The smallest absolute Gasteiger partial charge is 0.328 e. The molecule has 0 aromatic heterocycles. The minimum Gasteiger partial charge on any atom is -0.494 e. The number of rotatable bonds is 3. The molecule has 0 radical (unpaired) electrons. The Bertz CT molecular complexity index is 372. The van der Waals surface area contributed by atoms with Crippen molar-refractivity contribution in [3.05, 3.63) is 35.7 Å². The van der Waals surface area contributed by atoms with Gasteiger partial charge in [0, 0.05) is 11.6 Å². The Morgan fingerprint density at radius 1 is 1.57 bits per heavy atom. The largest absolute Gasteiger partial charge is 0.494 e. The number of methoxy groups -OCH3 is 1. The first-order chi connectivity index (χ1) is 6.65. The highest BCUT2D eigenvalue weighted by atomic mass is 19.1. The summed E-state index contributed by atoms with van der Waals surface area (Å²) in [6.07, 6.45) is 2.05. The summed E-state index contributed by atoms with van der Waals surface area (Å²) >= 11 is 0. The van der Waals surface area contributed by atoms with Crippen molar-refractivity contribution in [3.63, 3.8) is 0 Å². The van der Waals surface area contributed by atoms with E-state index in [0.717, 1.165) is 6.08 Å². The van der Waals surface area contributed by atoms with Gasteiger partial charge in [-0.2, -0.15) is 0 Å². The highest BCUT2D eigenvalue weighted by molar-refractivity contribution is 5.85. The first-order valence-corrected chi connectivity index (χ1v) is 3.88. The monoisotopic (exact) mass is 196 g/mol. The molecule has 4 heteroatoms. The number of halogens is 1. The van der Waals surface area contributed by atoms with Crippen LogP contribution in [0.25, 0.3) is 6.08 Å². The Hall–Kier alpha value is -1.84. The number of carboxylic acid groups (broad SMARTS) is 1. The van der Waals surface area contributed by atoms with Crippen molar-refractivity contribution in [1.82, 2.24) is 0 Å². The quantitative estimate of drug-likeness (QED) is 0.751. The van der Waals surface area contributed by atoms with Gasteiger partial charge in [-0.1, -0.05) is 12.1 Å². The summed E-state index contributed by atoms with van der Waals surface area (Å²) in [6.45, 7) is 0. The molecule has 1 aromatic rings. The fourth-order valence-electron chi connectivity index (χ4n) is 0.975. The van der Waals surface area contributed by atoms with Gasteiger partial charge >= 0.3 is 5.97 Å². The zero-order chi connectivity index (χ0) is 10.6. The van der Waals surface area contributed by atoms with Crippen LogP contribution in [0, 0.1) is 5.82 Å². The van der Waals surface area contributed by atoms with Crippen LogP contribution in [0.2, 0.25) is 0 Å². The van der Waals surface area contributed by atoms with Crippen LogP contribution in [0.4, 0.5) is 4.39 Å². The van der Waals surface area contributed by atoms with Gasteiger partial charge in [0.1, 0.15) is 0 Å². The Balaban J connectivity index is 3.03. The molecule has 0 saturated heterocycles. The van der Waals surface area contributed by atoms with Crippen LogP contribution in [0.15, 0.2) is 24.3 Å². The van der Waals surface area contributed by atoms with Gasteiger partial charge in [-0.15, -0.1) is 0 Å². The third-order valence-corrected chi connectivity index (χ3v) is 1.62. The van der Waals surface area contributed by atoms with Crippen LogP contribution in [0.1, 0.15) is 5.56 Å². The number of hydrogen-bond donors (Lipinski definition) is 1. The SMILES string of the molecule is COc1cccc(C=CC(=O)O)c1F. The molecular weight excluding hydrogens is 187 g/mol. The molecule has 0 aliphatic rings.